The molecule has 1 heterocycles. The van der Waals surface area contributed by atoms with E-state index in [2.05, 4.69) is 5.32 Å². The van der Waals surface area contributed by atoms with Gasteiger partial charge in [-0.2, -0.15) is 13.2 Å². The molecule has 2 aromatic carbocycles. The third-order valence-corrected chi connectivity index (χ3v) is 3.74. The monoisotopic (exact) mass is 364 g/mol. The lowest BCUT2D eigenvalue weighted by Gasteiger charge is -2.11. The van der Waals surface area contributed by atoms with Crippen LogP contribution >= 0.6 is 0 Å². The molecule has 1 N–H and O–H groups in total. The van der Waals surface area contributed by atoms with Crippen LogP contribution in [0.3, 0.4) is 0 Å². The van der Waals surface area contributed by atoms with Crippen LogP contribution in [0.2, 0.25) is 0 Å². The summed E-state index contributed by atoms with van der Waals surface area (Å²) in [7, 11) is 0. The first-order valence-corrected chi connectivity index (χ1v) is 7.50. The van der Waals surface area contributed by atoms with E-state index in [9.17, 15) is 27.2 Å². The Bertz CT molecular complexity index is 889. The van der Waals surface area contributed by atoms with E-state index in [1.807, 2.05) is 0 Å². The van der Waals surface area contributed by atoms with Crippen molar-refractivity contribution in [2.24, 2.45) is 0 Å². The van der Waals surface area contributed by atoms with E-state index in [4.69, 9.17) is 0 Å². The van der Waals surface area contributed by atoms with E-state index in [0.717, 1.165) is 17.0 Å². The van der Waals surface area contributed by atoms with Gasteiger partial charge in [0.05, 0.1) is 12.1 Å². The molecular formula is C18H12F4N2O2. The molecule has 0 atom stereocenters. The van der Waals surface area contributed by atoms with E-state index < -0.39 is 29.5 Å². The van der Waals surface area contributed by atoms with Crippen LogP contribution in [0.4, 0.5) is 22.4 Å². The molecule has 134 valence electrons. The molecule has 1 fully saturated rings. The molecule has 0 aliphatic carbocycles. The Hall–Kier alpha value is -3.16. The van der Waals surface area contributed by atoms with E-state index in [1.54, 1.807) is 0 Å². The van der Waals surface area contributed by atoms with Crippen LogP contribution in [-0.2, 0) is 17.5 Å². The number of hydrogen-bond acceptors (Lipinski definition) is 2. The number of alkyl halides is 3. The van der Waals surface area contributed by atoms with Crippen molar-refractivity contribution in [2.45, 2.75) is 12.7 Å². The van der Waals surface area contributed by atoms with Gasteiger partial charge >= 0.3 is 12.2 Å². The number of urea groups is 1. The largest absolute Gasteiger partial charge is 0.416 e. The van der Waals surface area contributed by atoms with Crippen molar-refractivity contribution in [3.8, 4) is 0 Å². The first-order valence-electron chi connectivity index (χ1n) is 7.50. The zero-order valence-corrected chi connectivity index (χ0v) is 13.2. The van der Waals surface area contributed by atoms with Gasteiger partial charge in [-0.25, -0.2) is 9.18 Å². The fourth-order valence-corrected chi connectivity index (χ4v) is 2.46. The highest BCUT2D eigenvalue weighted by atomic mass is 19.4. The van der Waals surface area contributed by atoms with Crippen LogP contribution in [0, 0.1) is 5.82 Å². The summed E-state index contributed by atoms with van der Waals surface area (Å²) in [4.78, 5) is 25.2. The molecule has 4 nitrogen and oxygen atoms in total. The predicted octanol–water partition coefficient (Wildman–Crippen LogP) is 3.94. The van der Waals surface area contributed by atoms with Crippen molar-refractivity contribution in [2.75, 3.05) is 0 Å². The molecular weight excluding hydrogens is 352 g/mol. The molecule has 0 unspecified atom stereocenters. The van der Waals surface area contributed by atoms with Crippen molar-refractivity contribution in [1.29, 1.82) is 0 Å². The summed E-state index contributed by atoms with van der Waals surface area (Å²) in [5.41, 5.74) is -0.314. The smallest absolute Gasteiger partial charge is 0.303 e. The van der Waals surface area contributed by atoms with Gasteiger partial charge in [-0.15, -0.1) is 0 Å². The second-order valence-corrected chi connectivity index (χ2v) is 5.63. The lowest BCUT2D eigenvalue weighted by Crippen LogP contribution is -2.30. The van der Waals surface area contributed by atoms with Crippen LogP contribution in [-0.4, -0.2) is 16.8 Å². The Kier molecular flexibility index (Phi) is 4.50. The highest BCUT2D eigenvalue weighted by Crippen LogP contribution is 2.30. The summed E-state index contributed by atoms with van der Waals surface area (Å²) in [5, 5.41) is 2.34. The second-order valence-electron chi connectivity index (χ2n) is 5.63. The summed E-state index contributed by atoms with van der Waals surface area (Å²) in [5.74, 6) is -1.12. The van der Waals surface area contributed by atoms with Gasteiger partial charge < -0.3 is 5.32 Å². The number of amides is 3. The molecule has 1 aliphatic rings. The van der Waals surface area contributed by atoms with Crippen molar-refractivity contribution in [3.05, 3.63) is 76.7 Å². The summed E-state index contributed by atoms with van der Waals surface area (Å²) >= 11 is 0. The Morgan fingerprint density at radius 2 is 1.73 bits per heavy atom. The molecule has 0 spiro atoms. The van der Waals surface area contributed by atoms with Crippen molar-refractivity contribution in [1.82, 2.24) is 10.2 Å². The number of nitrogens with one attached hydrogen (secondary N) is 1. The molecule has 0 radical (unpaired) electrons. The van der Waals surface area contributed by atoms with Gasteiger partial charge in [-0.1, -0.05) is 24.3 Å². The number of halogens is 4. The highest BCUT2D eigenvalue weighted by Gasteiger charge is 2.34. The van der Waals surface area contributed by atoms with Crippen LogP contribution in [0.1, 0.15) is 16.7 Å². The van der Waals surface area contributed by atoms with Crippen LogP contribution < -0.4 is 5.32 Å². The fourth-order valence-electron chi connectivity index (χ4n) is 2.46. The van der Waals surface area contributed by atoms with Gasteiger partial charge in [-0.3, -0.25) is 9.69 Å². The van der Waals surface area contributed by atoms with Crippen molar-refractivity contribution >= 4 is 18.0 Å². The maximum atomic E-state index is 12.9. The minimum absolute atomic E-state index is 0.0785. The molecule has 2 aromatic rings. The fraction of sp³-hybridized carbons (Fsp3) is 0.111. The minimum Gasteiger partial charge on any atom is -0.303 e. The first kappa shape index (κ1) is 17.7. The van der Waals surface area contributed by atoms with Crippen molar-refractivity contribution < 1.29 is 27.2 Å². The summed E-state index contributed by atoms with van der Waals surface area (Å²) in [6, 6.07) is 8.98. The van der Waals surface area contributed by atoms with Gasteiger partial charge in [0, 0.05) is 0 Å². The van der Waals surface area contributed by atoms with Gasteiger partial charge in [0.1, 0.15) is 11.5 Å². The topological polar surface area (TPSA) is 49.4 Å². The zero-order valence-electron chi connectivity index (χ0n) is 13.2. The number of nitrogens with zero attached hydrogens (tertiary/aromatic N) is 1. The van der Waals surface area contributed by atoms with E-state index >= 15 is 0 Å². The van der Waals surface area contributed by atoms with Gasteiger partial charge in [0.25, 0.3) is 5.91 Å². The lowest BCUT2D eigenvalue weighted by molar-refractivity contribution is -0.137. The maximum absolute atomic E-state index is 12.9. The maximum Gasteiger partial charge on any atom is 0.416 e. The molecule has 0 bridgehead atoms. The van der Waals surface area contributed by atoms with Gasteiger partial charge in [0.2, 0.25) is 0 Å². The number of imide groups is 1. The molecule has 3 rings (SSSR count). The van der Waals surface area contributed by atoms with Crippen LogP contribution in [0.5, 0.6) is 0 Å². The van der Waals surface area contributed by atoms with Gasteiger partial charge in [0.15, 0.2) is 0 Å². The van der Waals surface area contributed by atoms with Gasteiger partial charge in [-0.05, 0) is 41.5 Å². The summed E-state index contributed by atoms with van der Waals surface area (Å²) < 4.78 is 51.2. The Morgan fingerprint density at radius 1 is 1.04 bits per heavy atom. The van der Waals surface area contributed by atoms with Crippen LogP contribution in [0.15, 0.2) is 54.2 Å². The number of benzene rings is 2. The standard InChI is InChI=1S/C18H12F4N2O2/c19-14-6-4-11(5-7-14)10-24-16(25)15(23-17(24)26)9-12-2-1-3-13(8-12)18(20,21)22/h1-9H,10H2,(H,23,26). The molecule has 26 heavy (non-hydrogen) atoms. The number of carbonyl (C=O) groups excluding carboxylic acids is 2. The van der Waals surface area contributed by atoms with E-state index in [0.29, 0.717) is 5.56 Å². The molecule has 8 heteroatoms. The number of carbonyl (C=O) groups is 2. The second kappa shape index (κ2) is 6.62. The van der Waals surface area contributed by atoms with E-state index in [1.165, 1.54) is 42.5 Å². The quantitative estimate of drug-likeness (QED) is 0.510. The average molecular weight is 364 g/mol. The van der Waals surface area contributed by atoms with Crippen LogP contribution in [0.25, 0.3) is 6.08 Å². The number of rotatable bonds is 3. The molecule has 1 aliphatic heterocycles. The normalized spacial score (nSPS) is 16.3. The Morgan fingerprint density at radius 3 is 2.38 bits per heavy atom. The third-order valence-electron chi connectivity index (χ3n) is 3.74. The van der Waals surface area contributed by atoms with E-state index in [-0.39, 0.29) is 17.8 Å². The summed E-state index contributed by atoms with van der Waals surface area (Å²) in [6.45, 7) is -0.0785. The van der Waals surface area contributed by atoms with Crippen molar-refractivity contribution in [3.63, 3.8) is 0 Å². The lowest BCUT2D eigenvalue weighted by atomic mass is 10.1. The molecule has 0 aromatic heterocycles. The molecule has 0 saturated carbocycles. The predicted molar refractivity (Wildman–Crippen MR) is 84.9 cm³/mol. The molecule has 3 amide bonds. The highest BCUT2D eigenvalue weighted by molar-refractivity contribution is 6.13. The Labute approximate surface area is 145 Å². The average Bonchev–Trinajstić information content (AvgIpc) is 2.84. The number of hydrogen-bond donors (Lipinski definition) is 1. The third kappa shape index (κ3) is 3.74. The zero-order chi connectivity index (χ0) is 18.9. The minimum atomic E-state index is -4.51. The SMILES string of the molecule is O=C1NC(=Cc2cccc(C(F)(F)F)c2)C(=O)N1Cc1ccc(F)cc1. The summed E-state index contributed by atoms with van der Waals surface area (Å²) in [6.07, 6.45) is -3.33. The Balaban J connectivity index is 1.82. The molecule has 1 saturated heterocycles. The first-order chi connectivity index (χ1) is 12.2.